The average Bonchev–Trinajstić information content (AvgIpc) is 2.92. The first-order valence-corrected chi connectivity index (χ1v) is 12.3. The first kappa shape index (κ1) is 25.7. The summed E-state index contributed by atoms with van der Waals surface area (Å²) in [6.07, 6.45) is 2.51. The fourth-order valence-electron chi connectivity index (χ4n) is 3.98. The van der Waals surface area contributed by atoms with Gasteiger partial charge in [-0.1, -0.05) is 74.5 Å². The van der Waals surface area contributed by atoms with Crippen molar-refractivity contribution in [3.05, 3.63) is 101 Å². The van der Waals surface area contributed by atoms with E-state index in [1.54, 1.807) is 24.3 Å². The van der Waals surface area contributed by atoms with Gasteiger partial charge in [0.2, 0.25) is 0 Å². The first-order valence-electron chi connectivity index (χ1n) is 12.3. The third-order valence-electron chi connectivity index (χ3n) is 6.23. The van der Waals surface area contributed by atoms with Gasteiger partial charge in [-0.15, -0.1) is 0 Å². The molecule has 1 N–H and O–H groups in total. The van der Waals surface area contributed by atoms with Gasteiger partial charge in [0.15, 0.2) is 0 Å². The van der Waals surface area contributed by atoms with E-state index in [-0.39, 0.29) is 12.1 Å². The van der Waals surface area contributed by atoms with Gasteiger partial charge >= 0.3 is 6.03 Å². The highest BCUT2D eigenvalue weighted by Crippen LogP contribution is 2.28. The fourth-order valence-corrected chi connectivity index (χ4v) is 3.98. The molecule has 0 radical (unpaired) electrons. The monoisotopic (exact) mass is 498 g/mol. The van der Waals surface area contributed by atoms with Crippen molar-refractivity contribution >= 4 is 23.9 Å². The molecule has 1 fully saturated rings. The van der Waals surface area contributed by atoms with Crippen LogP contribution >= 0.6 is 0 Å². The smallest absolute Gasteiger partial charge is 0.331 e. The molecule has 7 nitrogen and oxygen atoms in total. The van der Waals surface area contributed by atoms with Crippen molar-refractivity contribution < 1.29 is 23.9 Å². The predicted octanol–water partition coefficient (Wildman–Crippen LogP) is 5.32. The number of carbonyl (C=O) groups is 3. The molecule has 0 aromatic heterocycles. The van der Waals surface area contributed by atoms with Gasteiger partial charge in [0.25, 0.3) is 11.8 Å². The van der Waals surface area contributed by atoms with Crippen molar-refractivity contribution in [1.82, 2.24) is 10.2 Å². The molecule has 7 heteroatoms. The minimum Gasteiger partial charge on any atom is -0.490 e. The highest BCUT2D eigenvalue weighted by atomic mass is 16.5. The minimum absolute atomic E-state index is 0.0762. The molecule has 0 saturated carbocycles. The molecule has 3 aromatic carbocycles. The molecule has 0 aliphatic carbocycles. The third kappa shape index (κ3) is 6.44. The fraction of sp³-hybridized carbons (Fsp3) is 0.233. The van der Waals surface area contributed by atoms with Crippen LogP contribution in [-0.4, -0.2) is 36.0 Å². The van der Waals surface area contributed by atoms with Gasteiger partial charge in [0, 0.05) is 0 Å². The Morgan fingerprint density at radius 2 is 1.54 bits per heavy atom. The lowest BCUT2D eigenvalue weighted by Gasteiger charge is -2.26. The second-order valence-corrected chi connectivity index (χ2v) is 8.81. The summed E-state index contributed by atoms with van der Waals surface area (Å²) >= 11 is 0. The number of imide groups is 2. The zero-order chi connectivity index (χ0) is 26.2. The Labute approximate surface area is 216 Å². The predicted molar refractivity (Wildman–Crippen MR) is 141 cm³/mol. The highest BCUT2D eigenvalue weighted by molar-refractivity contribution is 6.30. The second-order valence-electron chi connectivity index (χ2n) is 8.81. The van der Waals surface area contributed by atoms with Gasteiger partial charge in [-0.3, -0.25) is 19.8 Å². The number of nitrogens with zero attached hydrogens (tertiary/aromatic N) is 1. The topological polar surface area (TPSA) is 84.9 Å². The average molecular weight is 499 g/mol. The van der Waals surface area contributed by atoms with Crippen LogP contribution in [0, 0.1) is 0 Å². The summed E-state index contributed by atoms with van der Waals surface area (Å²) in [6, 6.07) is 23.5. The van der Waals surface area contributed by atoms with E-state index in [0.717, 1.165) is 22.6 Å². The maximum Gasteiger partial charge on any atom is 0.331 e. The van der Waals surface area contributed by atoms with Crippen molar-refractivity contribution in [2.24, 2.45) is 0 Å². The van der Waals surface area contributed by atoms with E-state index >= 15 is 0 Å². The summed E-state index contributed by atoms with van der Waals surface area (Å²) in [5.74, 6) is 0.585. The molecular weight excluding hydrogens is 468 g/mol. The van der Waals surface area contributed by atoms with Crippen molar-refractivity contribution in [3.8, 4) is 11.5 Å². The molecule has 4 rings (SSSR count). The molecule has 1 unspecified atom stereocenters. The first-order chi connectivity index (χ1) is 18.0. The maximum atomic E-state index is 12.9. The highest BCUT2D eigenvalue weighted by Gasteiger charge is 2.35. The lowest BCUT2D eigenvalue weighted by molar-refractivity contribution is -0.130. The molecule has 1 atom stereocenters. The van der Waals surface area contributed by atoms with Gasteiger partial charge in [-0.05, 0) is 53.3 Å². The Morgan fingerprint density at radius 1 is 0.865 bits per heavy atom. The van der Waals surface area contributed by atoms with Gasteiger partial charge < -0.3 is 9.47 Å². The maximum absolute atomic E-state index is 12.9. The quantitative estimate of drug-likeness (QED) is 0.232. The van der Waals surface area contributed by atoms with Gasteiger partial charge in [0.05, 0.1) is 6.54 Å². The van der Waals surface area contributed by atoms with Crippen molar-refractivity contribution in [1.29, 1.82) is 0 Å². The lowest BCUT2D eigenvalue weighted by atomic mass is 9.98. The Morgan fingerprint density at radius 3 is 2.27 bits per heavy atom. The van der Waals surface area contributed by atoms with Gasteiger partial charge in [-0.2, -0.15) is 0 Å². The van der Waals surface area contributed by atoms with Gasteiger partial charge in [0.1, 0.15) is 30.3 Å². The number of hydrogen-bond donors (Lipinski definition) is 1. The van der Waals surface area contributed by atoms with E-state index in [1.165, 1.54) is 11.6 Å². The number of urea groups is 1. The molecule has 190 valence electrons. The van der Waals surface area contributed by atoms with E-state index < -0.39 is 17.8 Å². The Balaban J connectivity index is 1.35. The Bertz CT molecular complexity index is 1280. The number of nitrogens with one attached hydrogen (secondary N) is 1. The van der Waals surface area contributed by atoms with E-state index in [4.69, 9.17) is 9.47 Å². The normalized spacial score (nSPS) is 15.5. The van der Waals surface area contributed by atoms with Crippen LogP contribution in [-0.2, 0) is 16.1 Å². The van der Waals surface area contributed by atoms with Crippen molar-refractivity contribution in [2.45, 2.75) is 32.7 Å². The van der Waals surface area contributed by atoms with Crippen LogP contribution in [0.4, 0.5) is 4.79 Å². The SMILES string of the molecule is CCC(C)c1ccccc1OCCOc1ccc(C=C2C(=O)NC(=O)N(Cc3ccccc3)C2=O)cc1. The Kier molecular flexibility index (Phi) is 8.36. The van der Waals surface area contributed by atoms with E-state index in [2.05, 4.69) is 25.2 Å². The Hall–Kier alpha value is -4.39. The zero-order valence-corrected chi connectivity index (χ0v) is 21.0. The van der Waals surface area contributed by atoms with Crippen LogP contribution in [0.3, 0.4) is 0 Å². The van der Waals surface area contributed by atoms with Crippen LogP contribution in [0.15, 0.2) is 84.4 Å². The number of rotatable bonds is 10. The molecule has 0 spiro atoms. The van der Waals surface area contributed by atoms with Crippen LogP contribution < -0.4 is 14.8 Å². The molecule has 3 aromatic rings. The van der Waals surface area contributed by atoms with E-state index in [1.807, 2.05) is 48.5 Å². The molecule has 4 amide bonds. The minimum atomic E-state index is -0.728. The number of carbonyl (C=O) groups excluding carboxylic acids is 3. The number of ether oxygens (including phenoxy) is 2. The van der Waals surface area contributed by atoms with E-state index in [0.29, 0.717) is 30.4 Å². The molecule has 0 bridgehead atoms. The third-order valence-corrected chi connectivity index (χ3v) is 6.23. The number of barbiturate groups is 1. The summed E-state index contributed by atoms with van der Waals surface area (Å²) in [7, 11) is 0. The summed E-state index contributed by atoms with van der Waals surface area (Å²) < 4.78 is 11.7. The standard InChI is InChI=1S/C30H30N2O5/c1-3-21(2)25-11-7-8-12-27(25)37-18-17-36-24-15-13-22(14-16-24)19-26-28(33)31-30(35)32(29(26)34)20-23-9-5-4-6-10-23/h4-16,19,21H,3,17-18,20H2,1-2H3,(H,31,33,35). The molecule has 1 heterocycles. The van der Waals surface area contributed by atoms with Gasteiger partial charge in [-0.25, -0.2) is 4.79 Å². The number of amides is 4. The largest absolute Gasteiger partial charge is 0.490 e. The van der Waals surface area contributed by atoms with Crippen LogP contribution in [0.2, 0.25) is 0 Å². The molecule has 1 aliphatic heterocycles. The summed E-state index contributed by atoms with van der Waals surface area (Å²) in [5, 5.41) is 2.24. The second kappa shape index (κ2) is 12.0. The van der Waals surface area contributed by atoms with Crippen LogP contribution in [0.25, 0.3) is 6.08 Å². The summed E-state index contributed by atoms with van der Waals surface area (Å²) in [6.45, 7) is 5.18. The molecule has 1 aliphatic rings. The molecule has 37 heavy (non-hydrogen) atoms. The molecular formula is C30H30N2O5. The number of benzene rings is 3. The lowest BCUT2D eigenvalue weighted by Crippen LogP contribution is -2.53. The number of para-hydroxylation sites is 1. The summed E-state index contributed by atoms with van der Waals surface area (Å²) in [4.78, 5) is 38.6. The summed E-state index contributed by atoms with van der Waals surface area (Å²) in [5.41, 5.74) is 2.51. The van der Waals surface area contributed by atoms with E-state index in [9.17, 15) is 14.4 Å². The molecule has 1 saturated heterocycles. The van der Waals surface area contributed by atoms with Crippen molar-refractivity contribution in [3.63, 3.8) is 0 Å². The van der Waals surface area contributed by atoms with Crippen molar-refractivity contribution in [2.75, 3.05) is 13.2 Å². The zero-order valence-electron chi connectivity index (χ0n) is 21.0. The van der Waals surface area contributed by atoms with Crippen LogP contribution in [0.1, 0.15) is 42.9 Å². The van der Waals surface area contributed by atoms with Crippen LogP contribution in [0.5, 0.6) is 11.5 Å². The number of hydrogen-bond acceptors (Lipinski definition) is 5.